The van der Waals surface area contributed by atoms with E-state index in [0.29, 0.717) is 42.4 Å². The molecule has 3 amide bonds. The number of nitrogens with zero attached hydrogens (tertiary/aromatic N) is 7. The summed E-state index contributed by atoms with van der Waals surface area (Å²) in [4.78, 5) is 43.8. The number of aryl methyl sites for hydroxylation is 1. The van der Waals surface area contributed by atoms with Crippen LogP contribution in [0.1, 0.15) is 29.0 Å². The lowest BCUT2D eigenvalue weighted by Gasteiger charge is -2.20. The van der Waals surface area contributed by atoms with Gasteiger partial charge in [-0.3, -0.25) is 14.3 Å². The van der Waals surface area contributed by atoms with Crippen molar-refractivity contribution in [2.24, 2.45) is 7.05 Å². The SMILES string of the molecule is Cn1cnc(CCNc2nc(NCC(c3ccccc3)c3ccccc3)c3ncn([C@@H]4O[C@H](CN5C(=O)CNC5=O)[C@@H](O)C4O)c3n2)c1. The van der Waals surface area contributed by atoms with Crippen molar-refractivity contribution in [1.29, 1.82) is 0 Å². The molecule has 2 fully saturated rings. The van der Waals surface area contributed by atoms with Gasteiger partial charge in [-0.15, -0.1) is 0 Å². The Balaban J connectivity index is 1.19. The smallest absolute Gasteiger partial charge is 0.324 e. The van der Waals surface area contributed by atoms with Crippen LogP contribution in [0, 0.1) is 0 Å². The summed E-state index contributed by atoms with van der Waals surface area (Å²) < 4.78 is 9.49. The third-order valence-corrected chi connectivity index (χ3v) is 8.63. The maximum Gasteiger partial charge on any atom is 0.324 e. The topological polar surface area (TPSA) is 185 Å². The van der Waals surface area contributed by atoms with Gasteiger partial charge < -0.3 is 35.5 Å². The highest BCUT2D eigenvalue weighted by Crippen LogP contribution is 2.34. The largest absolute Gasteiger partial charge is 0.387 e. The number of amides is 3. The Labute approximate surface area is 275 Å². The van der Waals surface area contributed by atoms with Crippen LogP contribution in [0.15, 0.2) is 79.5 Å². The Morgan fingerprint density at radius 2 is 1.69 bits per heavy atom. The zero-order valence-electron chi connectivity index (χ0n) is 26.2. The molecule has 5 N–H and O–H groups in total. The zero-order valence-corrected chi connectivity index (χ0v) is 26.2. The van der Waals surface area contributed by atoms with Gasteiger partial charge in [0.05, 0.1) is 31.4 Å². The van der Waals surface area contributed by atoms with Gasteiger partial charge in [0.15, 0.2) is 23.2 Å². The molecule has 0 saturated carbocycles. The zero-order chi connectivity index (χ0) is 33.2. The molecule has 248 valence electrons. The number of anilines is 2. The van der Waals surface area contributed by atoms with Gasteiger partial charge in [-0.25, -0.2) is 14.8 Å². The van der Waals surface area contributed by atoms with Gasteiger partial charge in [-0.2, -0.15) is 9.97 Å². The summed E-state index contributed by atoms with van der Waals surface area (Å²) in [6.45, 7) is 0.657. The van der Waals surface area contributed by atoms with Crippen molar-refractivity contribution in [2.75, 3.05) is 36.8 Å². The molecule has 15 heteroatoms. The lowest BCUT2D eigenvalue weighted by atomic mass is 9.91. The first-order valence-corrected chi connectivity index (χ1v) is 15.7. The van der Waals surface area contributed by atoms with E-state index < -0.39 is 36.5 Å². The fraction of sp³-hybridized carbons (Fsp3) is 0.333. The van der Waals surface area contributed by atoms with Gasteiger partial charge in [0.25, 0.3) is 0 Å². The quantitative estimate of drug-likeness (QED) is 0.123. The molecule has 1 unspecified atom stereocenters. The van der Waals surface area contributed by atoms with Crippen molar-refractivity contribution in [1.82, 2.24) is 39.3 Å². The Kier molecular flexibility index (Phi) is 8.71. The van der Waals surface area contributed by atoms with Crippen LogP contribution in [0.3, 0.4) is 0 Å². The molecule has 48 heavy (non-hydrogen) atoms. The second-order valence-electron chi connectivity index (χ2n) is 11.9. The molecule has 2 aliphatic rings. The number of benzene rings is 2. The molecule has 3 aromatic heterocycles. The maximum absolute atomic E-state index is 12.2. The van der Waals surface area contributed by atoms with Crippen LogP contribution in [-0.4, -0.2) is 101 Å². The minimum absolute atomic E-state index is 0.00135. The van der Waals surface area contributed by atoms with Crippen LogP contribution in [0.2, 0.25) is 0 Å². The van der Waals surface area contributed by atoms with Gasteiger partial charge >= 0.3 is 6.03 Å². The van der Waals surface area contributed by atoms with Gasteiger partial charge in [0, 0.05) is 38.7 Å². The van der Waals surface area contributed by atoms with Crippen molar-refractivity contribution in [3.63, 3.8) is 0 Å². The van der Waals surface area contributed by atoms with Gasteiger partial charge in [-0.1, -0.05) is 60.7 Å². The lowest BCUT2D eigenvalue weighted by molar-refractivity contribution is -0.127. The number of ether oxygens (including phenoxy) is 1. The van der Waals surface area contributed by atoms with Crippen LogP contribution < -0.4 is 16.0 Å². The molecule has 0 aliphatic carbocycles. The van der Waals surface area contributed by atoms with E-state index in [2.05, 4.69) is 50.2 Å². The lowest BCUT2D eigenvalue weighted by Crippen LogP contribution is -2.42. The summed E-state index contributed by atoms with van der Waals surface area (Å²) in [7, 11) is 1.91. The van der Waals surface area contributed by atoms with Crippen molar-refractivity contribution >= 4 is 34.9 Å². The Morgan fingerprint density at radius 3 is 2.33 bits per heavy atom. The Hall–Kier alpha value is -5.38. The van der Waals surface area contributed by atoms with Crippen LogP contribution in [0.5, 0.6) is 0 Å². The molecular weight excluding hydrogens is 616 g/mol. The van der Waals surface area contributed by atoms with Crippen LogP contribution in [0.4, 0.5) is 16.6 Å². The molecule has 2 aromatic carbocycles. The van der Waals surface area contributed by atoms with E-state index in [9.17, 15) is 19.8 Å². The van der Waals surface area contributed by atoms with E-state index in [0.717, 1.165) is 21.7 Å². The van der Waals surface area contributed by atoms with E-state index >= 15 is 0 Å². The van der Waals surface area contributed by atoms with Crippen molar-refractivity contribution in [2.45, 2.75) is 36.9 Å². The number of aromatic nitrogens is 6. The number of imidazole rings is 2. The second-order valence-corrected chi connectivity index (χ2v) is 11.9. The Bertz CT molecular complexity index is 1840. The molecule has 0 spiro atoms. The number of fused-ring (bicyclic) bond motifs is 1. The van der Waals surface area contributed by atoms with E-state index in [1.54, 1.807) is 6.33 Å². The Morgan fingerprint density at radius 1 is 0.958 bits per heavy atom. The fourth-order valence-corrected chi connectivity index (χ4v) is 6.13. The van der Waals surface area contributed by atoms with E-state index in [1.165, 1.54) is 10.9 Å². The predicted molar refractivity (Wildman–Crippen MR) is 175 cm³/mol. The van der Waals surface area contributed by atoms with Crippen molar-refractivity contribution in [3.05, 3.63) is 96.3 Å². The predicted octanol–water partition coefficient (Wildman–Crippen LogP) is 1.63. The van der Waals surface area contributed by atoms with E-state index in [4.69, 9.17) is 14.7 Å². The van der Waals surface area contributed by atoms with Gasteiger partial charge in [0.1, 0.15) is 18.3 Å². The second kappa shape index (κ2) is 13.4. The van der Waals surface area contributed by atoms with Gasteiger partial charge in [0.2, 0.25) is 11.9 Å². The summed E-state index contributed by atoms with van der Waals surface area (Å²) >= 11 is 0. The number of rotatable bonds is 12. The highest BCUT2D eigenvalue weighted by molar-refractivity contribution is 6.02. The molecular formula is C33H36N10O5. The summed E-state index contributed by atoms with van der Waals surface area (Å²) in [5.41, 5.74) is 3.97. The van der Waals surface area contributed by atoms with Crippen LogP contribution in [-0.2, 0) is 23.0 Å². The number of hydrogen-bond donors (Lipinski definition) is 5. The number of aliphatic hydroxyl groups excluding tert-OH is 2. The fourth-order valence-electron chi connectivity index (χ4n) is 6.13. The standard InChI is InChI=1S/C33H36N10O5/c1-41-16-22(37-18-41)12-13-34-32-39-29(35-14-23(20-8-4-2-5-9-20)21-10-6-3-7-11-21)26-30(40-32)43(19-38-26)31-28(46)27(45)24(48-31)17-42-25(44)15-36-33(42)47/h2-11,16,18-19,23-24,27-28,31,45-46H,12-15,17H2,1H3,(H,36,47)(H2,34,35,39,40)/t24-,27-,28?,31-/m1/s1. The summed E-state index contributed by atoms with van der Waals surface area (Å²) in [5, 5.41) is 31.2. The summed E-state index contributed by atoms with van der Waals surface area (Å²) in [5.74, 6) is 0.361. The molecule has 0 radical (unpaired) electrons. The van der Waals surface area contributed by atoms with Crippen LogP contribution >= 0.6 is 0 Å². The summed E-state index contributed by atoms with van der Waals surface area (Å²) in [6, 6.07) is 19.8. The first kappa shape index (κ1) is 31.2. The summed E-state index contributed by atoms with van der Waals surface area (Å²) in [6.07, 6.45) is 0.919. The van der Waals surface area contributed by atoms with E-state index in [-0.39, 0.29) is 19.0 Å². The number of aliphatic hydroxyl groups is 2. The number of nitrogens with one attached hydrogen (secondary N) is 3. The number of carbonyl (C=O) groups excluding carboxylic acids is 2. The minimum Gasteiger partial charge on any atom is -0.387 e. The number of urea groups is 1. The highest BCUT2D eigenvalue weighted by atomic mass is 16.6. The number of imide groups is 1. The molecule has 15 nitrogen and oxygen atoms in total. The first-order valence-electron chi connectivity index (χ1n) is 15.7. The van der Waals surface area contributed by atoms with Crippen LogP contribution in [0.25, 0.3) is 11.2 Å². The monoisotopic (exact) mass is 652 g/mol. The van der Waals surface area contributed by atoms with Crippen molar-refractivity contribution < 1.29 is 24.5 Å². The maximum atomic E-state index is 12.2. The van der Waals surface area contributed by atoms with E-state index in [1.807, 2.05) is 54.2 Å². The molecule has 5 heterocycles. The third kappa shape index (κ3) is 6.30. The molecule has 0 bridgehead atoms. The molecule has 2 saturated heterocycles. The first-order chi connectivity index (χ1) is 23.4. The van der Waals surface area contributed by atoms with Crippen molar-refractivity contribution in [3.8, 4) is 0 Å². The number of hydrogen-bond acceptors (Lipinski definition) is 11. The minimum atomic E-state index is -1.39. The molecule has 2 aliphatic heterocycles. The average molecular weight is 653 g/mol. The number of carbonyl (C=O) groups is 2. The van der Waals surface area contributed by atoms with Gasteiger partial charge in [-0.05, 0) is 11.1 Å². The highest BCUT2D eigenvalue weighted by Gasteiger charge is 2.46. The third-order valence-electron chi connectivity index (χ3n) is 8.63. The molecule has 4 atom stereocenters. The molecule has 5 aromatic rings. The normalized spacial score (nSPS) is 21.0. The molecule has 7 rings (SSSR count). The average Bonchev–Trinajstić information content (AvgIpc) is 3.86.